The van der Waals surface area contributed by atoms with Gasteiger partial charge in [0.05, 0.1) is 17.3 Å². The number of rotatable bonds is 2. The Bertz CT molecular complexity index is 469. The molecule has 0 bridgehead atoms. The lowest BCUT2D eigenvalue weighted by molar-refractivity contribution is 0.269. The molecule has 1 unspecified atom stereocenters. The molecule has 0 saturated carbocycles. The lowest BCUT2D eigenvalue weighted by atomic mass is 10.1. The fraction of sp³-hybridized carbons (Fsp3) is 0.462. The Morgan fingerprint density at radius 1 is 1.50 bits per heavy atom. The first-order valence-corrected chi connectivity index (χ1v) is 6.80. The van der Waals surface area contributed by atoms with Crippen LogP contribution < -0.4 is 10.6 Å². The number of nitrogens with zero attached hydrogens (tertiary/aromatic N) is 3. The maximum Gasteiger partial charge on any atom is 0.103 e. The van der Waals surface area contributed by atoms with Gasteiger partial charge in [0.2, 0.25) is 0 Å². The van der Waals surface area contributed by atoms with Gasteiger partial charge in [0, 0.05) is 30.7 Å². The minimum Gasteiger partial charge on any atom is -0.364 e. The molecule has 0 aromatic heterocycles. The molecule has 0 amide bonds. The van der Waals surface area contributed by atoms with E-state index in [1.807, 2.05) is 18.2 Å². The second-order valence-electron chi connectivity index (χ2n) is 4.59. The predicted molar refractivity (Wildman–Crippen MR) is 76.5 cm³/mol. The van der Waals surface area contributed by atoms with Crippen molar-refractivity contribution in [1.29, 1.82) is 5.26 Å². The Morgan fingerprint density at radius 3 is 2.94 bits per heavy atom. The third-order valence-electron chi connectivity index (χ3n) is 3.37. The molecule has 1 saturated heterocycles. The van der Waals surface area contributed by atoms with E-state index in [0.29, 0.717) is 12.1 Å². The standard InChI is InChI=1S/C13H17BrN4/c1-17-5-6-18(10(7-15)9-17)13-4-2-3-12(14)11(13)8-16/h2-4,10H,5-7,9,15H2,1H3. The van der Waals surface area contributed by atoms with Crippen molar-refractivity contribution in [2.75, 3.05) is 38.1 Å². The molecule has 2 rings (SSSR count). The number of benzene rings is 1. The van der Waals surface area contributed by atoms with Crippen molar-refractivity contribution in [2.24, 2.45) is 5.73 Å². The van der Waals surface area contributed by atoms with Crippen molar-refractivity contribution >= 4 is 21.6 Å². The summed E-state index contributed by atoms with van der Waals surface area (Å²) in [7, 11) is 2.10. The summed E-state index contributed by atoms with van der Waals surface area (Å²) in [5, 5.41) is 9.29. The van der Waals surface area contributed by atoms with Gasteiger partial charge in [0.1, 0.15) is 6.07 Å². The molecular weight excluding hydrogens is 292 g/mol. The summed E-state index contributed by atoms with van der Waals surface area (Å²) < 4.78 is 0.845. The molecule has 0 spiro atoms. The van der Waals surface area contributed by atoms with Crippen molar-refractivity contribution < 1.29 is 0 Å². The monoisotopic (exact) mass is 308 g/mol. The largest absolute Gasteiger partial charge is 0.364 e. The molecule has 18 heavy (non-hydrogen) atoms. The molecule has 1 aromatic carbocycles. The molecule has 2 N–H and O–H groups in total. The Morgan fingerprint density at radius 2 is 2.28 bits per heavy atom. The number of nitrogens with two attached hydrogens (primary N) is 1. The highest BCUT2D eigenvalue weighted by Crippen LogP contribution is 2.29. The lowest BCUT2D eigenvalue weighted by Crippen LogP contribution is -2.55. The Kier molecular flexibility index (Phi) is 4.23. The van der Waals surface area contributed by atoms with Gasteiger partial charge in [-0.05, 0) is 35.1 Å². The van der Waals surface area contributed by atoms with Gasteiger partial charge < -0.3 is 15.5 Å². The van der Waals surface area contributed by atoms with Crippen LogP contribution in [0.15, 0.2) is 22.7 Å². The molecule has 1 aromatic rings. The van der Waals surface area contributed by atoms with E-state index in [-0.39, 0.29) is 6.04 Å². The van der Waals surface area contributed by atoms with Gasteiger partial charge in [-0.25, -0.2) is 0 Å². The SMILES string of the molecule is CN1CCN(c2cccc(Br)c2C#N)C(CN)C1. The van der Waals surface area contributed by atoms with E-state index in [4.69, 9.17) is 5.73 Å². The maximum absolute atomic E-state index is 9.29. The Labute approximate surface area is 116 Å². The van der Waals surface area contributed by atoms with Crippen LogP contribution in [0, 0.1) is 11.3 Å². The Balaban J connectivity index is 2.36. The molecule has 1 heterocycles. The average Bonchev–Trinajstić information content (AvgIpc) is 2.38. The van der Waals surface area contributed by atoms with Crippen LogP contribution in [0.2, 0.25) is 0 Å². The normalized spacial score (nSPS) is 20.8. The van der Waals surface area contributed by atoms with E-state index >= 15 is 0 Å². The molecular formula is C13H17BrN4. The second kappa shape index (κ2) is 5.70. The second-order valence-corrected chi connectivity index (χ2v) is 5.45. The van der Waals surface area contributed by atoms with Gasteiger partial charge in [-0.15, -0.1) is 0 Å². The molecule has 1 aliphatic heterocycles. The quantitative estimate of drug-likeness (QED) is 0.897. The number of hydrogen-bond acceptors (Lipinski definition) is 4. The van der Waals surface area contributed by atoms with E-state index in [9.17, 15) is 5.26 Å². The van der Waals surface area contributed by atoms with E-state index in [1.165, 1.54) is 0 Å². The van der Waals surface area contributed by atoms with Crippen LogP contribution in [-0.2, 0) is 0 Å². The van der Waals surface area contributed by atoms with Gasteiger partial charge in [-0.2, -0.15) is 5.26 Å². The molecule has 0 radical (unpaired) electrons. The topological polar surface area (TPSA) is 56.3 Å². The number of anilines is 1. The zero-order valence-corrected chi connectivity index (χ0v) is 12.0. The van der Waals surface area contributed by atoms with Crippen LogP contribution in [0.4, 0.5) is 5.69 Å². The van der Waals surface area contributed by atoms with E-state index in [2.05, 4.69) is 38.8 Å². The third-order valence-corrected chi connectivity index (χ3v) is 4.03. The first-order valence-electron chi connectivity index (χ1n) is 6.01. The van der Waals surface area contributed by atoms with Gasteiger partial charge in [0.25, 0.3) is 0 Å². The summed E-state index contributed by atoms with van der Waals surface area (Å²) in [5.74, 6) is 0. The number of halogens is 1. The van der Waals surface area contributed by atoms with Crippen molar-refractivity contribution in [2.45, 2.75) is 6.04 Å². The first kappa shape index (κ1) is 13.3. The third kappa shape index (κ3) is 2.51. The summed E-state index contributed by atoms with van der Waals surface area (Å²) in [6.07, 6.45) is 0. The first-order chi connectivity index (χ1) is 8.67. The maximum atomic E-state index is 9.29. The van der Waals surface area contributed by atoms with Crippen LogP contribution in [0.5, 0.6) is 0 Å². The van der Waals surface area contributed by atoms with E-state index in [1.54, 1.807) is 0 Å². The molecule has 4 nitrogen and oxygen atoms in total. The fourth-order valence-corrected chi connectivity index (χ4v) is 2.84. The summed E-state index contributed by atoms with van der Waals surface area (Å²) in [4.78, 5) is 4.53. The summed E-state index contributed by atoms with van der Waals surface area (Å²) >= 11 is 3.44. The number of piperazine rings is 1. The molecule has 5 heteroatoms. The zero-order chi connectivity index (χ0) is 13.1. The summed E-state index contributed by atoms with van der Waals surface area (Å²) in [6, 6.07) is 8.40. The van der Waals surface area contributed by atoms with Gasteiger partial charge in [0.15, 0.2) is 0 Å². The van der Waals surface area contributed by atoms with Crippen LogP contribution in [-0.4, -0.2) is 44.2 Å². The zero-order valence-electron chi connectivity index (χ0n) is 10.4. The predicted octanol–water partition coefficient (Wildman–Crippen LogP) is 1.40. The molecule has 1 aliphatic rings. The number of hydrogen-bond donors (Lipinski definition) is 1. The van der Waals surface area contributed by atoms with Crippen molar-refractivity contribution in [3.8, 4) is 6.07 Å². The van der Waals surface area contributed by atoms with E-state index < -0.39 is 0 Å². The highest BCUT2D eigenvalue weighted by atomic mass is 79.9. The van der Waals surface area contributed by atoms with Crippen LogP contribution in [0.25, 0.3) is 0 Å². The number of nitriles is 1. The Hall–Kier alpha value is -1.09. The smallest absolute Gasteiger partial charge is 0.103 e. The van der Waals surface area contributed by atoms with Gasteiger partial charge >= 0.3 is 0 Å². The van der Waals surface area contributed by atoms with Crippen molar-refractivity contribution in [3.63, 3.8) is 0 Å². The van der Waals surface area contributed by atoms with Crippen molar-refractivity contribution in [1.82, 2.24) is 4.90 Å². The average molecular weight is 309 g/mol. The fourth-order valence-electron chi connectivity index (χ4n) is 2.39. The van der Waals surface area contributed by atoms with E-state index in [0.717, 1.165) is 29.8 Å². The summed E-state index contributed by atoms with van der Waals surface area (Å²) in [5.41, 5.74) is 7.54. The van der Waals surface area contributed by atoms with Crippen LogP contribution in [0.1, 0.15) is 5.56 Å². The number of likely N-dealkylation sites (N-methyl/N-ethyl adjacent to an activating group) is 1. The highest BCUT2D eigenvalue weighted by molar-refractivity contribution is 9.10. The highest BCUT2D eigenvalue weighted by Gasteiger charge is 2.26. The van der Waals surface area contributed by atoms with Gasteiger partial charge in [-0.3, -0.25) is 0 Å². The molecule has 0 aliphatic carbocycles. The molecule has 1 fully saturated rings. The van der Waals surface area contributed by atoms with Gasteiger partial charge in [-0.1, -0.05) is 6.07 Å². The lowest BCUT2D eigenvalue weighted by Gasteiger charge is -2.41. The molecule has 1 atom stereocenters. The minimum atomic E-state index is 0.269. The van der Waals surface area contributed by atoms with Crippen LogP contribution in [0.3, 0.4) is 0 Å². The van der Waals surface area contributed by atoms with Crippen LogP contribution >= 0.6 is 15.9 Å². The summed E-state index contributed by atoms with van der Waals surface area (Å²) in [6.45, 7) is 3.44. The molecule has 96 valence electrons. The minimum absolute atomic E-state index is 0.269. The van der Waals surface area contributed by atoms with Crippen molar-refractivity contribution in [3.05, 3.63) is 28.2 Å².